The molecule has 0 aliphatic rings. The summed E-state index contributed by atoms with van der Waals surface area (Å²) in [5.41, 5.74) is 2.28. The van der Waals surface area contributed by atoms with Crippen molar-refractivity contribution < 1.29 is 9.53 Å². The van der Waals surface area contributed by atoms with Crippen molar-refractivity contribution >= 4 is 16.8 Å². The number of carbonyl (C=O) groups is 1. The highest BCUT2D eigenvalue weighted by Crippen LogP contribution is 2.27. The fraction of sp³-hybridized carbons (Fsp3) is 0.333. The zero-order valence-electron chi connectivity index (χ0n) is 15.3. The molecule has 0 atom stereocenters. The van der Waals surface area contributed by atoms with Crippen molar-refractivity contribution in [3.63, 3.8) is 0 Å². The number of aromatic nitrogens is 2. The fourth-order valence-corrected chi connectivity index (χ4v) is 2.96. The van der Waals surface area contributed by atoms with Crippen molar-refractivity contribution in [2.75, 3.05) is 13.2 Å². The summed E-state index contributed by atoms with van der Waals surface area (Å²) < 4.78 is 7.99. The molecule has 3 aromatic rings. The van der Waals surface area contributed by atoms with Crippen LogP contribution in [-0.2, 0) is 17.8 Å². The van der Waals surface area contributed by atoms with Crippen molar-refractivity contribution in [1.29, 1.82) is 0 Å². The molecule has 0 bridgehead atoms. The smallest absolute Gasteiger partial charge is 0.257 e. The maximum atomic E-state index is 12.0. The fourth-order valence-electron chi connectivity index (χ4n) is 2.96. The van der Waals surface area contributed by atoms with Crippen LogP contribution in [0.1, 0.15) is 19.4 Å². The molecule has 136 valence electrons. The Balaban J connectivity index is 1.54. The normalized spacial score (nSPS) is 11.0. The monoisotopic (exact) mass is 351 g/mol. The van der Waals surface area contributed by atoms with Gasteiger partial charge in [-0.3, -0.25) is 9.78 Å². The molecule has 0 fully saturated rings. The van der Waals surface area contributed by atoms with Crippen LogP contribution in [0, 0.1) is 5.92 Å². The third-order valence-corrected chi connectivity index (χ3v) is 4.18. The number of amides is 1. The minimum atomic E-state index is -0.113. The van der Waals surface area contributed by atoms with E-state index < -0.39 is 0 Å². The summed E-state index contributed by atoms with van der Waals surface area (Å²) >= 11 is 0. The number of pyridine rings is 1. The highest BCUT2D eigenvalue weighted by Gasteiger charge is 2.09. The Bertz CT molecular complexity index is 856. The molecule has 0 aliphatic heterocycles. The van der Waals surface area contributed by atoms with Gasteiger partial charge >= 0.3 is 0 Å². The summed E-state index contributed by atoms with van der Waals surface area (Å²) in [6.07, 6.45) is 6.37. The number of benzene rings is 1. The van der Waals surface area contributed by atoms with Gasteiger partial charge in [-0.1, -0.05) is 19.9 Å². The van der Waals surface area contributed by atoms with Gasteiger partial charge in [0.1, 0.15) is 5.75 Å². The van der Waals surface area contributed by atoms with E-state index in [1.54, 1.807) is 12.4 Å². The van der Waals surface area contributed by atoms with Gasteiger partial charge in [0, 0.05) is 37.1 Å². The first kappa shape index (κ1) is 18.0. The zero-order valence-corrected chi connectivity index (χ0v) is 15.3. The molecule has 0 saturated carbocycles. The van der Waals surface area contributed by atoms with Crippen molar-refractivity contribution in [3.05, 3.63) is 60.6 Å². The van der Waals surface area contributed by atoms with Crippen molar-refractivity contribution in [1.82, 2.24) is 14.9 Å². The molecule has 1 amide bonds. The quantitative estimate of drug-likeness (QED) is 0.676. The molecule has 0 aliphatic carbocycles. The SMILES string of the molecule is CC(C)Cn1ccc2c(OCC(=O)NCCc3ccncc3)cccc21. The Kier molecular flexibility index (Phi) is 5.89. The van der Waals surface area contributed by atoms with Crippen molar-refractivity contribution in [2.24, 2.45) is 5.92 Å². The number of rotatable bonds is 8. The lowest BCUT2D eigenvalue weighted by atomic mass is 10.2. The summed E-state index contributed by atoms with van der Waals surface area (Å²) in [6.45, 7) is 5.96. The summed E-state index contributed by atoms with van der Waals surface area (Å²) in [5, 5.41) is 3.93. The molecule has 26 heavy (non-hydrogen) atoms. The third-order valence-electron chi connectivity index (χ3n) is 4.18. The first-order chi connectivity index (χ1) is 12.6. The Morgan fingerprint density at radius 3 is 2.77 bits per heavy atom. The van der Waals surface area contributed by atoms with Gasteiger partial charge in [-0.2, -0.15) is 0 Å². The van der Waals surface area contributed by atoms with Crippen LogP contribution in [-0.4, -0.2) is 28.6 Å². The highest BCUT2D eigenvalue weighted by atomic mass is 16.5. The molecule has 5 heteroatoms. The number of hydrogen-bond acceptors (Lipinski definition) is 3. The average molecular weight is 351 g/mol. The standard InChI is InChI=1S/C21H25N3O2/c1-16(2)14-24-13-9-18-19(24)4-3-5-20(18)26-15-21(25)23-12-8-17-6-10-22-11-7-17/h3-7,9-11,13,16H,8,12,14-15H2,1-2H3,(H,23,25). The van der Waals surface area contributed by atoms with Crippen molar-refractivity contribution in [2.45, 2.75) is 26.8 Å². The van der Waals surface area contributed by atoms with Gasteiger partial charge in [0.05, 0.1) is 5.52 Å². The van der Waals surface area contributed by atoms with E-state index in [1.165, 1.54) is 0 Å². The molecule has 5 nitrogen and oxygen atoms in total. The lowest BCUT2D eigenvalue weighted by Gasteiger charge is -2.11. The minimum Gasteiger partial charge on any atom is -0.483 e. The van der Waals surface area contributed by atoms with Gasteiger partial charge in [0.2, 0.25) is 0 Å². The molecule has 1 N–H and O–H groups in total. The maximum absolute atomic E-state index is 12.0. The molecule has 2 heterocycles. The van der Waals surface area contributed by atoms with Gasteiger partial charge in [0.25, 0.3) is 5.91 Å². The second kappa shape index (κ2) is 8.52. The summed E-state index contributed by atoms with van der Waals surface area (Å²) in [5.74, 6) is 1.20. The number of fused-ring (bicyclic) bond motifs is 1. The molecule has 0 unspecified atom stereocenters. The Hall–Kier alpha value is -2.82. The van der Waals surface area contributed by atoms with E-state index in [1.807, 2.05) is 30.3 Å². The van der Waals surface area contributed by atoms with Crippen LogP contribution in [0.4, 0.5) is 0 Å². The van der Waals surface area contributed by atoms with Gasteiger partial charge in [-0.05, 0) is 48.2 Å². The van der Waals surface area contributed by atoms with Gasteiger partial charge in [0.15, 0.2) is 6.61 Å². The lowest BCUT2D eigenvalue weighted by molar-refractivity contribution is -0.123. The summed E-state index contributed by atoms with van der Waals surface area (Å²) in [7, 11) is 0. The predicted octanol–water partition coefficient (Wildman–Crippen LogP) is 3.43. The van der Waals surface area contributed by atoms with Crippen molar-refractivity contribution in [3.8, 4) is 5.75 Å². The Morgan fingerprint density at radius 2 is 2.00 bits per heavy atom. The summed E-state index contributed by atoms with van der Waals surface area (Å²) in [6, 6.07) is 11.9. The number of carbonyl (C=O) groups excluding carboxylic acids is 1. The van der Waals surface area contributed by atoms with E-state index in [0.29, 0.717) is 12.5 Å². The third kappa shape index (κ3) is 4.63. The van der Waals surface area contributed by atoms with Gasteiger partial charge < -0.3 is 14.6 Å². The van der Waals surface area contributed by atoms with E-state index in [4.69, 9.17) is 4.74 Å². The zero-order chi connectivity index (χ0) is 18.4. The first-order valence-corrected chi connectivity index (χ1v) is 9.00. The topological polar surface area (TPSA) is 56.1 Å². The van der Waals surface area contributed by atoms with Crippen LogP contribution in [0.25, 0.3) is 10.9 Å². The van der Waals surface area contributed by atoms with Crippen LogP contribution in [0.5, 0.6) is 5.75 Å². The number of nitrogens with one attached hydrogen (secondary N) is 1. The highest BCUT2D eigenvalue weighted by molar-refractivity contribution is 5.87. The molecule has 0 radical (unpaired) electrons. The molecule has 1 aromatic carbocycles. The van der Waals surface area contributed by atoms with E-state index in [2.05, 4.69) is 41.0 Å². The Morgan fingerprint density at radius 1 is 1.19 bits per heavy atom. The lowest BCUT2D eigenvalue weighted by Crippen LogP contribution is -2.30. The van der Waals surface area contributed by atoms with E-state index in [9.17, 15) is 4.79 Å². The minimum absolute atomic E-state index is 0.0187. The molecule has 3 rings (SSSR count). The first-order valence-electron chi connectivity index (χ1n) is 9.00. The van der Waals surface area contributed by atoms with Crippen LogP contribution in [0.15, 0.2) is 55.0 Å². The summed E-state index contributed by atoms with van der Waals surface area (Å²) in [4.78, 5) is 16.0. The molecule has 0 saturated heterocycles. The molecular formula is C21H25N3O2. The van der Waals surface area contributed by atoms with E-state index >= 15 is 0 Å². The molecule has 0 spiro atoms. The largest absolute Gasteiger partial charge is 0.483 e. The van der Waals surface area contributed by atoms with Gasteiger partial charge in [-0.25, -0.2) is 0 Å². The van der Waals surface area contributed by atoms with Crippen LogP contribution in [0.2, 0.25) is 0 Å². The van der Waals surface area contributed by atoms with E-state index in [-0.39, 0.29) is 12.5 Å². The Labute approximate surface area is 154 Å². The van der Waals surface area contributed by atoms with Gasteiger partial charge in [-0.15, -0.1) is 0 Å². The number of hydrogen-bond donors (Lipinski definition) is 1. The van der Waals surface area contributed by atoms with Crippen LogP contribution >= 0.6 is 0 Å². The van der Waals surface area contributed by atoms with E-state index in [0.717, 1.165) is 35.2 Å². The molecular weight excluding hydrogens is 326 g/mol. The second-order valence-corrected chi connectivity index (χ2v) is 6.79. The average Bonchev–Trinajstić information content (AvgIpc) is 3.04. The molecule has 2 aromatic heterocycles. The predicted molar refractivity (Wildman–Crippen MR) is 103 cm³/mol. The van der Waals surface area contributed by atoms with Crippen LogP contribution in [0.3, 0.4) is 0 Å². The number of ether oxygens (including phenoxy) is 1. The second-order valence-electron chi connectivity index (χ2n) is 6.79. The maximum Gasteiger partial charge on any atom is 0.257 e. The number of nitrogens with zero attached hydrogens (tertiary/aromatic N) is 2. The van der Waals surface area contributed by atoms with Crippen LogP contribution < -0.4 is 10.1 Å².